The van der Waals surface area contributed by atoms with Crippen LogP contribution in [0.1, 0.15) is 162 Å². The van der Waals surface area contributed by atoms with Gasteiger partial charge in [0.05, 0.1) is 19.7 Å². The van der Waals surface area contributed by atoms with Crippen molar-refractivity contribution in [1.29, 1.82) is 0 Å². The molecule has 0 bridgehead atoms. The Labute approximate surface area is 762 Å². The van der Waals surface area contributed by atoms with Crippen molar-refractivity contribution in [2.75, 3.05) is 27.0 Å². The maximum Gasteiger partial charge on any atom is 0.325 e. The Morgan fingerprint density at radius 2 is 1.07 bits per heavy atom. The molecule has 36 heteroatoms. The van der Waals surface area contributed by atoms with Crippen molar-refractivity contribution in [2.24, 2.45) is 28.3 Å². The number of para-hydroxylation sites is 1. The molecule has 690 valence electrons. The fourth-order valence-electron chi connectivity index (χ4n) is 14.8. The van der Waals surface area contributed by atoms with Gasteiger partial charge in [-0.2, -0.15) is 0 Å². The monoisotopic (exact) mass is 1850 g/mol. The molecule has 2 aliphatic carbocycles. The number of primary amides is 3. The van der Waals surface area contributed by atoms with Crippen molar-refractivity contribution in [3.8, 4) is 17.2 Å². The van der Waals surface area contributed by atoms with Crippen molar-refractivity contribution in [1.82, 2.24) is 51.2 Å². The first-order valence-corrected chi connectivity index (χ1v) is 43.8. The smallest absolute Gasteiger partial charge is 0.325 e. The second-order valence-electron chi connectivity index (χ2n) is 31.3. The molecule has 1 spiro atoms. The minimum atomic E-state index is -4.34. The number of methoxy groups -OCH3 is 1. The number of urea groups is 4. The summed E-state index contributed by atoms with van der Waals surface area (Å²) in [5, 5.41) is 19.2. The first-order valence-electron chi connectivity index (χ1n) is 41.9. The number of sulfonamides is 1. The van der Waals surface area contributed by atoms with Crippen LogP contribution in [-0.2, 0) is 60.6 Å². The van der Waals surface area contributed by atoms with Gasteiger partial charge < -0.3 is 77.7 Å². The van der Waals surface area contributed by atoms with Crippen LogP contribution in [0.15, 0.2) is 229 Å². The number of nitrogens with one attached hydrogen (secondary N) is 6. The molecule has 3 fully saturated rings. The van der Waals surface area contributed by atoms with Crippen molar-refractivity contribution < 1.29 is 92.5 Å². The van der Waals surface area contributed by atoms with Gasteiger partial charge in [-0.3, -0.25) is 33.7 Å². The van der Waals surface area contributed by atoms with E-state index in [1.807, 2.05) is 79.4 Å². The van der Waals surface area contributed by atoms with Crippen molar-refractivity contribution in [2.45, 2.75) is 128 Å². The summed E-state index contributed by atoms with van der Waals surface area (Å²) in [6.45, 7) is 8.90. The number of hydrogen-bond donors (Lipinski definition) is 10. The van der Waals surface area contributed by atoms with Crippen LogP contribution >= 0.6 is 11.6 Å². The number of hydrogen-bond acceptors (Lipinski definition) is 15. The zero-order valence-corrected chi connectivity index (χ0v) is 73.9. The molecule has 0 unspecified atom stereocenters. The number of nitrogens with two attached hydrogens (primary N) is 4. The Kier molecular flexibility index (Phi) is 33.4. The van der Waals surface area contributed by atoms with E-state index in [0.717, 1.165) is 87.1 Å². The van der Waals surface area contributed by atoms with Crippen molar-refractivity contribution in [3.63, 3.8) is 0 Å². The molecule has 3 heterocycles. The average Bonchev–Trinajstić information content (AvgIpc) is 1.60. The Balaban J connectivity index is 0.000000160. The van der Waals surface area contributed by atoms with E-state index in [0.29, 0.717) is 123 Å². The molecule has 1 aromatic heterocycles. The van der Waals surface area contributed by atoms with Gasteiger partial charge in [-0.15, -0.1) is 0 Å². The minimum Gasteiger partial charge on any atom is -0.494 e. The molecule has 4 aliphatic rings. The molecule has 15 rings (SSSR count). The number of Topliss-reactive ketones (excluding diaryl/α,β-unsaturated/α-hetero) is 1. The number of amides is 13. The first-order chi connectivity index (χ1) is 63.1. The Hall–Kier alpha value is -14.7. The maximum atomic E-state index is 13.8. The highest BCUT2D eigenvalue weighted by molar-refractivity contribution is 7.89. The van der Waals surface area contributed by atoms with Gasteiger partial charge in [0.2, 0.25) is 16.8 Å². The van der Waals surface area contributed by atoms with E-state index in [2.05, 4.69) is 31.6 Å². The molecule has 2 aliphatic heterocycles. The number of aromatic amines is 1. The number of carbonyl (C=O) groups excluding carboxylic acids is 10. The van der Waals surface area contributed by atoms with Gasteiger partial charge in [-0.25, -0.2) is 54.7 Å². The third-order valence-electron chi connectivity index (χ3n) is 22.1. The number of ketones is 1. The van der Waals surface area contributed by atoms with E-state index in [1.165, 1.54) is 43.2 Å². The molecular weight excluding hydrogens is 1750 g/mol. The highest BCUT2D eigenvalue weighted by atomic mass is 35.5. The van der Waals surface area contributed by atoms with Gasteiger partial charge in [0.1, 0.15) is 33.7 Å². The standard InChI is InChI=1S/C24H22ClN3O3.C19H22FN3O3.C19H20FN3O2.C19H21N3O4.C15H13F3N2O3S/c25-19-7-3-1-5-16(19)14-28-22(30)24(27-23(28)31)11-9-15(10-12-24)21(29)18-13-26-20-8-4-2-6-17(18)20;1-3-23(12-14-6-9-17(26-2)16(20)10-14)18(24)15-7-4-13(5-8-15)11-22-19(21)25;20-16-7-3-14(4-8-16)12-23(17-9-10-17)18(24)15-5-1-13(2-6-15)11-22-19(21)25;1-2-22(11-14-5-8-16-17(9-14)26-12-25-16)18(23)15-6-3-13(4-7-15)10-21-19(20)24;1-8(11-4-3-10(16)7-13(11)18)20-15(21)9-2-5-12(17)14(6-9)24(19,22)23/h1-8,13,15,26H,9-12,14H2,(H,27,31);4-10H,3,11-12H2,1-2H3,(H3,21,22,25);1-8,17H,9-12H2,(H3,21,22,25);3-9H,2,10-12H2,1H3,(H3,20,21,24);2-8H,1H3,(H,20,21)(H2,19,22,23)/t;;;;8-/m....0/s1. The summed E-state index contributed by atoms with van der Waals surface area (Å²) in [6, 6.07) is 55.4. The summed E-state index contributed by atoms with van der Waals surface area (Å²) in [5.74, 6) is -3.14. The van der Waals surface area contributed by atoms with Gasteiger partial charge in [-0.05, 0) is 207 Å². The van der Waals surface area contributed by atoms with Crippen molar-refractivity contribution >= 4 is 92.0 Å². The molecule has 10 aromatic carbocycles. The van der Waals surface area contributed by atoms with E-state index in [4.69, 9.17) is 48.2 Å². The number of rotatable bonds is 27. The van der Waals surface area contributed by atoms with Crippen LogP contribution in [0.25, 0.3) is 10.9 Å². The quantitative estimate of drug-likeness (QED) is 0.0130. The third kappa shape index (κ3) is 26.3. The summed E-state index contributed by atoms with van der Waals surface area (Å²) >= 11 is 6.21. The lowest BCUT2D eigenvalue weighted by Gasteiger charge is -2.34. The van der Waals surface area contributed by atoms with Crippen LogP contribution in [0.2, 0.25) is 5.02 Å². The number of aromatic nitrogens is 1. The summed E-state index contributed by atoms with van der Waals surface area (Å²) < 4.78 is 105. The molecular formula is C96H98ClF5N14O15S. The van der Waals surface area contributed by atoms with Crippen molar-refractivity contribution in [3.05, 3.63) is 331 Å². The summed E-state index contributed by atoms with van der Waals surface area (Å²) in [7, 11) is -2.93. The highest BCUT2D eigenvalue weighted by Crippen LogP contribution is 2.40. The van der Waals surface area contributed by atoms with Crippen LogP contribution in [0.3, 0.4) is 0 Å². The summed E-state index contributed by atoms with van der Waals surface area (Å²) in [5.41, 5.74) is 23.3. The second kappa shape index (κ2) is 45.0. The predicted octanol–water partition coefficient (Wildman–Crippen LogP) is 14.6. The van der Waals surface area contributed by atoms with E-state index in [-0.39, 0.29) is 77.4 Å². The molecule has 2 saturated carbocycles. The number of fused-ring (bicyclic) bond motifs is 2. The lowest BCUT2D eigenvalue weighted by molar-refractivity contribution is -0.133. The van der Waals surface area contributed by atoms with Crippen LogP contribution < -0.4 is 63.1 Å². The number of ether oxygens (including phenoxy) is 3. The molecule has 11 aromatic rings. The predicted molar refractivity (Wildman–Crippen MR) is 482 cm³/mol. The largest absolute Gasteiger partial charge is 0.494 e. The molecule has 29 nitrogen and oxygen atoms in total. The Morgan fingerprint density at radius 3 is 1.60 bits per heavy atom. The molecule has 0 radical (unpaired) electrons. The van der Waals surface area contributed by atoms with Gasteiger partial charge in [-0.1, -0.05) is 115 Å². The minimum absolute atomic E-state index is 0.0403. The van der Waals surface area contributed by atoms with Crippen LogP contribution in [0, 0.1) is 35.0 Å². The summed E-state index contributed by atoms with van der Waals surface area (Å²) in [4.78, 5) is 130. The van der Waals surface area contributed by atoms with E-state index >= 15 is 0 Å². The first kappa shape index (κ1) is 97.9. The van der Waals surface area contributed by atoms with E-state index in [1.54, 1.807) is 119 Å². The topological polar surface area (TPSA) is 426 Å². The van der Waals surface area contributed by atoms with Gasteiger partial charge >= 0.3 is 24.1 Å². The molecule has 14 N–H and O–H groups in total. The van der Waals surface area contributed by atoms with E-state index in [9.17, 15) is 78.3 Å². The lowest BCUT2D eigenvalue weighted by Crippen LogP contribution is -2.50. The zero-order chi connectivity index (χ0) is 95.1. The van der Waals surface area contributed by atoms with Gasteiger partial charge in [0.25, 0.3) is 29.5 Å². The van der Waals surface area contributed by atoms with Crippen LogP contribution in [-0.4, -0.2) is 131 Å². The maximum absolute atomic E-state index is 13.8. The Morgan fingerprint density at radius 1 is 0.561 bits per heavy atom. The van der Waals surface area contributed by atoms with Crippen LogP contribution in [0.5, 0.6) is 17.2 Å². The highest BCUT2D eigenvalue weighted by Gasteiger charge is 2.53. The number of benzene rings is 10. The summed E-state index contributed by atoms with van der Waals surface area (Å²) in [6.07, 6.45) is 5.78. The average molecular weight is 1850 g/mol. The fourth-order valence-corrected chi connectivity index (χ4v) is 15.6. The molecule has 1 saturated heterocycles. The SMILES string of the molecule is CCN(Cc1ccc(OC)c(F)c1)C(=O)c1ccc(CNC(N)=O)cc1.CCN(Cc1ccc2c(c1)OCO2)C(=O)c1ccc(CNC(N)=O)cc1.C[C@H](NC(=O)c1ccc(F)c(S(N)(=O)=O)c1)c1ccc(F)cc1F.NC(=O)NCc1ccc(C(=O)N(Cc2ccc(F)cc2)C2CC2)cc1.O=C(c1c[nH]c2ccccc12)C1CCC2(CC1)NC(=O)N(Cc1ccccc1Cl)C2=O. The lowest BCUT2D eigenvalue weighted by atomic mass is 9.74. The normalized spacial score (nSPS) is 14.7. The van der Waals surface area contributed by atoms with E-state index < -0.39 is 79.8 Å². The fraction of sp³-hybridized carbons (Fsp3) is 0.250. The third-order valence-corrected chi connectivity index (χ3v) is 23.4. The second-order valence-corrected chi connectivity index (χ2v) is 33.2. The van der Waals surface area contributed by atoms with Gasteiger partial charge in [0.15, 0.2) is 28.8 Å². The number of primary sulfonamides is 1. The molecule has 1 atom stereocenters. The van der Waals surface area contributed by atoms with Crippen LogP contribution in [0.4, 0.5) is 41.1 Å². The number of H-pyrrole nitrogens is 1. The number of imide groups is 1. The number of carbonyl (C=O) groups is 10. The zero-order valence-electron chi connectivity index (χ0n) is 72.3. The number of nitrogens with zero attached hydrogens (tertiary/aromatic N) is 4. The molecule has 13 amide bonds. The van der Waals surface area contributed by atoms with Gasteiger partial charge in [0, 0.05) is 126 Å². The molecule has 132 heavy (non-hydrogen) atoms. The number of halogens is 6. The Bertz CT molecular complexity index is 6140.